The van der Waals surface area contributed by atoms with E-state index in [9.17, 15) is 0 Å². The van der Waals surface area contributed by atoms with E-state index in [0.717, 1.165) is 25.2 Å². The molecule has 0 unspecified atom stereocenters. The van der Waals surface area contributed by atoms with Crippen LogP contribution in [0.5, 0.6) is 0 Å². The second kappa shape index (κ2) is 7.30. The quantitative estimate of drug-likeness (QED) is 0.749. The molecule has 0 radical (unpaired) electrons. The Balaban J connectivity index is 1.39. The average molecular weight is 339 g/mol. The van der Waals surface area contributed by atoms with Crippen LogP contribution in [0.4, 0.5) is 0 Å². The number of hydrogen-bond acceptors (Lipinski definition) is 3. The summed E-state index contributed by atoms with van der Waals surface area (Å²) in [5.74, 6) is 0.607. The summed E-state index contributed by atoms with van der Waals surface area (Å²) in [6.45, 7) is 5.31. The van der Waals surface area contributed by atoms with E-state index in [2.05, 4.69) is 51.9 Å². The number of methoxy groups -OCH3 is 1. The van der Waals surface area contributed by atoms with Gasteiger partial charge in [-0.1, -0.05) is 36.8 Å². The largest absolute Gasteiger partial charge is 0.381 e. The van der Waals surface area contributed by atoms with Gasteiger partial charge in [-0.25, -0.2) is 0 Å². The summed E-state index contributed by atoms with van der Waals surface area (Å²) in [4.78, 5) is 2.78. The second-order valence-corrected chi connectivity index (χ2v) is 7.80. The van der Waals surface area contributed by atoms with Crippen LogP contribution in [0.1, 0.15) is 32.6 Å². The number of nitrogens with zero attached hydrogens (tertiary/aromatic N) is 3. The number of benzene rings is 1. The lowest BCUT2D eigenvalue weighted by molar-refractivity contribution is 0.136. The topological polar surface area (TPSA) is 30.3 Å². The van der Waals surface area contributed by atoms with Crippen molar-refractivity contribution in [2.75, 3.05) is 20.3 Å². The second-order valence-electron chi connectivity index (χ2n) is 7.80. The van der Waals surface area contributed by atoms with Crippen molar-refractivity contribution >= 4 is 10.9 Å². The van der Waals surface area contributed by atoms with Crippen LogP contribution in [0.2, 0.25) is 0 Å². The zero-order chi connectivity index (χ0) is 17.2. The predicted molar refractivity (Wildman–Crippen MR) is 102 cm³/mol. The van der Waals surface area contributed by atoms with E-state index in [0.29, 0.717) is 5.92 Å². The summed E-state index contributed by atoms with van der Waals surface area (Å²) in [7, 11) is 1.78. The molecule has 4 rings (SSSR count). The summed E-state index contributed by atoms with van der Waals surface area (Å²) >= 11 is 0. The highest BCUT2D eigenvalue weighted by Crippen LogP contribution is 2.38. The van der Waals surface area contributed by atoms with Crippen LogP contribution >= 0.6 is 0 Å². The van der Waals surface area contributed by atoms with Gasteiger partial charge in [0, 0.05) is 37.7 Å². The molecule has 0 saturated carbocycles. The minimum absolute atomic E-state index is 0.607. The van der Waals surface area contributed by atoms with E-state index in [4.69, 9.17) is 4.74 Å². The molecule has 25 heavy (non-hydrogen) atoms. The van der Waals surface area contributed by atoms with Crippen molar-refractivity contribution in [2.45, 2.75) is 51.2 Å². The molecule has 0 spiro atoms. The summed E-state index contributed by atoms with van der Waals surface area (Å²) < 4.78 is 7.40. The monoisotopic (exact) mass is 339 g/mol. The van der Waals surface area contributed by atoms with Crippen LogP contribution in [-0.2, 0) is 11.3 Å². The van der Waals surface area contributed by atoms with Gasteiger partial charge in [-0.3, -0.25) is 9.58 Å². The Bertz CT molecular complexity index is 734. The van der Waals surface area contributed by atoms with Gasteiger partial charge in [0.15, 0.2) is 0 Å². The Morgan fingerprint density at radius 3 is 2.72 bits per heavy atom. The van der Waals surface area contributed by atoms with Crippen LogP contribution < -0.4 is 0 Å². The van der Waals surface area contributed by atoms with E-state index < -0.39 is 0 Å². The number of ether oxygens (including phenoxy) is 1. The van der Waals surface area contributed by atoms with Gasteiger partial charge in [-0.2, -0.15) is 5.10 Å². The zero-order valence-electron chi connectivity index (χ0n) is 15.4. The normalized spacial score (nSPS) is 26.6. The number of para-hydroxylation sites is 1. The fourth-order valence-electron chi connectivity index (χ4n) is 4.69. The van der Waals surface area contributed by atoms with Gasteiger partial charge in [0.1, 0.15) is 0 Å². The smallest absolute Gasteiger partial charge is 0.0682 e. The molecule has 134 valence electrons. The molecule has 1 aromatic heterocycles. The van der Waals surface area contributed by atoms with E-state index in [1.165, 1.54) is 43.1 Å². The lowest BCUT2D eigenvalue weighted by Crippen LogP contribution is -2.43. The van der Waals surface area contributed by atoms with Crippen molar-refractivity contribution < 1.29 is 4.74 Å². The predicted octanol–water partition coefficient (Wildman–Crippen LogP) is 3.87. The Hall–Kier alpha value is -1.65. The molecule has 1 aromatic carbocycles. The first kappa shape index (κ1) is 16.8. The Morgan fingerprint density at radius 1 is 1.20 bits per heavy atom. The van der Waals surface area contributed by atoms with Gasteiger partial charge in [0.25, 0.3) is 0 Å². The van der Waals surface area contributed by atoms with Crippen LogP contribution in [0.25, 0.3) is 10.9 Å². The maximum Gasteiger partial charge on any atom is 0.0682 e. The highest BCUT2D eigenvalue weighted by atomic mass is 16.5. The SMILES string of the molecule is COCC=C1C[C@H]2CC[C@@H](C1)N2C[C@@H](C)Cn1ncc2ccccc21. The van der Waals surface area contributed by atoms with E-state index in [-0.39, 0.29) is 0 Å². The molecule has 0 N–H and O–H groups in total. The molecule has 2 bridgehead atoms. The number of rotatable bonds is 6. The highest BCUT2D eigenvalue weighted by Gasteiger charge is 2.38. The van der Waals surface area contributed by atoms with Crippen LogP contribution in [0, 0.1) is 5.92 Å². The zero-order valence-corrected chi connectivity index (χ0v) is 15.4. The third kappa shape index (κ3) is 3.51. The molecule has 3 atom stereocenters. The third-order valence-corrected chi connectivity index (χ3v) is 5.86. The first-order valence-electron chi connectivity index (χ1n) is 9.57. The summed E-state index contributed by atoms with van der Waals surface area (Å²) in [6.07, 6.45) is 9.47. The number of fused-ring (bicyclic) bond motifs is 3. The van der Waals surface area contributed by atoms with Crippen molar-refractivity contribution in [3.05, 3.63) is 42.1 Å². The molecule has 2 aromatic rings. The molecule has 2 aliphatic rings. The summed E-state index contributed by atoms with van der Waals surface area (Å²) in [5, 5.41) is 5.84. The maximum absolute atomic E-state index is 5.22. The van der Waals surface area contributed by atoms with Gasteiger partial charge >= 0.3 is 0 Å². The van der Waals surface area contributed by atoms with Crippen LogP contribution in [0.3, 0.4) is 0 Å². The molecular formula is C21H29N3O. The maximum atomic E-state index is 5.22. The molecular weight excluding hydrogens is 310 g/mol. The lowest BCUT2D eigenvalue weighted by atomic mass is 9.95. The van der Waals surface area contributed by atoms with Crippen molar-refractivity contribution in [3.63, 3.8) is 0 Å². The van der Waals surface area contributed by atoms with E-state index in [1.54, 1.807) is 12.7 Å². The molecule has 0 aliphatic carbocycles. The van der Waals surface area contributed by atoms with Gasteiger partial charge < -0.3 is 4.74 Å². The first-order valence-corrected chi connectivity index (χ1v) is 9.57. The highest BCUT2D eigenvalue weighted by molar-refractivity contribution is 5.78. The van der Waals surface area contributed by atoms with Gasteiger partial charge in [0.05, 0.1) is 18.3 Å². The molecule has 4 nitrogen and oxygen atoms in total. The summed E-state index contributed by atoms with van der Waals surface area (Å²) in [6, 6.07) is 9.97. The van der Waals surface area contributed by atoms with Crippen molar-refractivity contribution in [1.29, 1.82) is 0 Å². The fraction of sp³-hybridized carbons (Fsp3) is 0.571. The first-order chi connectivity index (χ1) is 12.2. The number of piperidine rings is 1. The molecule has 3 heterocycles. The third-order valence-electron chi connectivity index (χ3n) is 5.86. The van der Waals surface area contributed by atoms with E-state index >= 15 is 0 Å². The molecule has 4 heteroatoms. The fourth-order valence-corrected chi connectivity index (χ4v) is 4.69. The van der Waals surface area contributed by atoms with Crippen molar-refractivity contribution in [2.24, 2.45) is 5.92 Å². The van der Waals surface area contributed by atoms with Crippen molar-refractivity contribution in [3.8, 4) is 0 Å². The minimum atomic E-state index is 0.607. The Labute approximate surface area is 150 Å². The van der Waals surface area contributed by atoms with Gasteiger partial charge in [0.2, 0.25) is 0 Å². The Kier molecular flexibility index (Phi) is 4.91. The van der Waals surface area contributed by atoms with E-state index in [1.807, 2.05) is 6.20 Å². The summed E-state index contributed by atoms with van der Waals surface area (Å²) in [5.41, 5.74) is 2.86. The van der Waals surface area contributed by atoms with Gasteiger partial charge in [-0.05, 0) is 37.7 Å². The minimum Gasteiger partial charge on any atom is -0.381 e. The molecule has 2 aliphatic heterocycles. The van der Waals surface area contributed by atoms with Gasteiger partial charge in [-0.15, -0.1) is 0 Å². The molecule has 0 amide bonds. The van der Waals surface area contributed by atoms with Crippen LogP contribution in [-0.4, -0.2) is 47.0 Å². The average Bonchev–Trinajstić information content (AvgIpc) is 3.11. The lowest BCUT2D eigenvalue weighted by Gasteiger charge is -2.37. The number of aromatic nitrogens is 2. The van der Waals surface area contributed by atoms with Crippen molar-refractivity contribution in [1.82, 2.24) is 14.7 Å². The molecule has 2 fully saturated rings. The standard InChI is InChI=1S/C21H29N3O/c1-16(15-24-21-6-4-3-5-18(21)13-22-24)14-23-19-7-8-20(23)12-17(11-19)9-10-25-2/h3-6,9,13,16,19-20H,7-8,10-12,14-15H2,1-2H3/t16-,19-,20+/m1/s1. The van der Waals surface area contributed by atoms with Crippen LogP contribution in [0.15, 0.2) is 42.1 Å². The molecule has 2 saturated heterocycles. The number of hydrogen-bond donors (Lipinski definition) is 0. The Morgan fingerprint density at radius 2 is 1.96 bits per heavy atom.